The van der Waals surface area contributed by atoms with Gasteiger partial charge in [-0.1, -0.05) is 66.2 Å². The Morgan fingerprint density at radius 1 is 0.821 bits per heavy atom. The minimum atomic E-state index is -0.816. The first-order valence-electron chi connectivity index (χ1n) is 11.8. The second kappa shape index (κ2) is 12.6. The third kappa shape index (κ3) is 6.37. The molecule has 0 amide bonds. The minimum Gasteiger partial charge on any atom is -0.483 e. The molecule has 39 heavy (non-hydrogen) atoms. The smallest absolute Gasteiger partial charge is 0.355 e. The summed E-state index contributed by atoms with van der Waals surface area (Å²) in [6.07, 6.45) is 6.14. The summed E-state index contributed by atoms with van der Waals surface area (Å²) in [7, 11) is 2.40. The van der Waals surface area contributed by atoms with E-state index in [1.807, 2.05) is 30.3 Å². The summed E-state index contributed by atoms with van der Waals surface area (Å²) in [5.41, 5.74) is 1.16. The molecule has 1 aliphatic heterocycles. The molecule has 9 heteroatoms. The highest BCUT2D eigenvalue weighted by atomic mass is 35.5. The molecule has 3 aromatic carbocycles. The molecule has 0 saturated heterocycles. The second-order valence-corrected chi connectivity index (χ2v) is 8.53. The van der Waals surface area contributed by atoms with E-state index in [-0.39, 0.29) is 40.1 Å². The van der Waals surface area contributed by atoms with Crippen LogP contribution in [0.1, 0.15) is 15.9 Å². The molecule has 3 aromatic rings. The average molecular weight is 546 g/mol. The van der Waals surface area contributed by atoms with Crippen LogP contribution in [0.2, 0.25) is 5.02 Å². The van der Waals surface area contributed by atoms with Crippen LogP contribution in [0.5, 0.6) is 11.5 Å². The predicted octanol–water partition coefficient (Wildman–Crippen LogP) is 5.63. The van der Waals surface area contributed by atoms with E-state index in [4.69, 9.17) is 30.5 Å². The lowest BCUT2D eigenvalue weighted by molar-refractivity contribution is -0.139. The second-order valence-electron chi connectivity index (χ2n) is 8.10. The van der Waals surface area contributed by atoms with Crippen molar-refractivity contribution < 1.29 is 33.3 Å². The van der Waals surface area contributed by atoms with Crippen molar-refractivity contribution in [3.8, 4) is 11.5 Å². The lowest BCUT2D eigenvalue weighted by Crippen LogP contribution is -2.27. The van der Waals surface area contributed by atoms with Gasteiger partial charge in [0.2, 0.25) is 0 Å². The SMILES string of the molecule is COC(=O)C1=C(C(=O)OC)N(c2cc(Cl)cc(OC(=O)c3ccccc3)c2OCc2ccccc2)C=CC=C1. The van der Waals surface area contributed by atoms with Crippen LogP contribution in [0, 0.1) is 0 Å². The lowest BCUT2D eigenvalue weighted by Gasteiger charge is -2.26. The van der Waals surface area contributed by atoms with E-state index in [2.05, 4.69) is 0 Å². The number of ether oxygens (including phenoxy) is 4. The van der Waals surface area contributed by atoms with Gasteiger partial charge in [-0.25, -0.2) is 14.4 Å². The van der Waals surface area contributed by atoms with Crippen LogP contribution in [-0.4, -0.2) is 32.1 Å². The van der Waals surface area contributed by atoms with E-state index in [0.29, 0.717) is 5.56 Å². The van der Waals surface area contributed by atoms with E-state index in [1.165, 1.54) is 43.5 Å². The molecule has 0 bridgehead atoms. The van der Waals surface area contributed by atoms with Crippen LogP contribution in [0.15, 0.2) is 108 Å². The zero-order valence-electron chi connectivity index (χ0n) is 21.1. The van der Waals surface area contributed by atoms with Crippen LogP contribution in [0.25, 0.3) is 0 Å². The van der Waals surface area contributed by atoms with E-state index < -0.39 is 17.9 Å². The fourth-order valence-electron chi connectivity index (χ4n) is 3.77. The summed E-state index contributed by atoms with van der Waals surface area (Å²) < 4.78 is 21.8. The van der Waals surface area contributed by atoms with Crippen molar-refractivity contribution in [3.63, 3.8) is 0 Å². The third-order valence-corrected chi connectivity index (χ3v) is 5.81. The maximum absolute atomic E-state index is 13.0. The van der Waals surface area contributed by atoms with Gasteiger partial charge in [0.25, 0.3) is 0 Å². The topological polar surface area (TPSA) is 91.4 Å². The van der Waals surface area contributed by atoms with Crippen LogP contribution in [-0.2, 0) is 25.7 Å². The van der Waals surface area contributed by atoms with Crippen molar-refractivity contribution >= 4 is 35.2 Å². The molecule has 0 aromatic heterocycles. The standard InChI is InChI=1S/C30H24ClNO7/c1-36-29(34)23-15-9-10-16-32(26(23)30(35)37-2)24-17-22(31)18-25(39-28(33)21-13-7-4-8-14-21)27(24)38-19-20-11-5-3-6-12-20/h3-18H,19H2,1-2H3. The van der Waals surface area contributed by atoms with Gasteiger partial charge in [-0.2, -0.15) is 0 Å². The van der Waals surface area contributed by atoms with Gasteiger partial charge in [-0.15, -0.1) is 0 Å². The molecule has 4 rings (SSSR count). The molecule has 0 fully saturated rings. The lowest BCUT2D eigenvalue weighted by atomic mass is 10.1. The van der Waals surface area contributed by atoms with Crippen LogP contribution < -0.4 is 14.4 Å². The molecular formula is C30H24ClNO7. The van der Waals surface area contributed by atoms with Gasteiger partial charge in [0, 0.05) is 17.3 Å². The number of carbonyl (C=O) groups excluding carboxylic acids is 3. The van der Waals surface area contributed by atoms with Gasteiger partial charge < -0.3 is 23.8 Å². The number of allylic oxidation sites excluding steroid dienone is 2. The van der Waals surface area contributed by atoms with Crippen LogP contribution in [0.3, 0.4) is 0 Å². The first-order valence-corrected chi connectivity index (χ1v) is 12.1. The number of esters is 3. The molecule has 198 valence electrons. The van der Waals surface area contributed by atoms with Crippen molar-refractivity contribution in [1.82, 2.24) is 0 Å². The first kappa shape index (κ1) is 27.2. The summed E-state index contributed by atoms with van der Waals surface area (Å²) in [6.45, 7) is 0.0995. The summed E-state index contributed by atoms with van der Waals surface area (Å²) in [5, 5.41) is 0.183. The highest BCUT2D eigenvalue weighted by Crippen LogP contribution is 2.44. The highest BCUT2D eigenvalue weighted by molar-refractivity contribution is 6.31. The van der Waals surface area contributed by atoms with Gasteiger partial charge in [-0.3, -0.25) is 0 Å². The molecular weight excluding hydrogens is 522 g/mol. The van der Waals surface area contributed by atoms with Crippen molar-refractivity contribution in [1.29, 1.82) is 0 Å². The molecule has 8 nitrogen and oxygen atoms in total. The number of hydrogen-bond donors (Lipinski definition) is 0. The summed E-state index contributed by atoms with van der Waals surface area (Å²) in [5.74, 6) is -2.10. The molecule has 0 saturated carbocycles. The van der Waals surface area contributed by atoms with Gasteiger partial charge in [0.1, 0.15) is 12.3 Å². The Kier molecular flexibility index (Phi) is 8.81. The summed E-state index contributed by atoms with van der Waals surface area (Å²) >= 11 is 6.48. The Morgan fingerprint density at radius 2 is 1.49 bits per heavy atom. The minimum absolute atomic E-state index is 0.0109. The molecule has 1 aliphatic rings. The summed E-state index contributed by atoms with van der Waals surface area (Å²) in [6, 6.07) is 20.7. The molecule has 0 N–H and O–H groups in total. The molecule has 0 aliphatic carbocycles. The fraction of sp³-hybridized carbons (Fsp3) is 0.100. The number of benzene rings is 3. The first-order chi connectivity index (χ1) is 18.9. The number of methoxy groups -OCH3 is 2. The van der Waals surface area contributed by atoms with Gasteiger partial charge in [0.15, 0.2) is 11.5 Å². The number of anilines is 1. The zero-order chi connectivity index (χ0) is 27.8. The highest BCUT2D eigenvalue weighted by Gasteiger charge is 2.31. The Labute approximate surface area is 230 Å². The van der Waals surface area contributed by atoms with Crippen molar-refractivity contribution in [2.24, 2.45) is 0 Å². The molecule has 0 spiro atoms. The Bertz CT molecular complexity index is 1460. The number of carbonyl (C=O) groups is 3. The van der Waals surface area contributed by atoms with E-state index >= 15 is 0 Å². The normalized spacial score (nSPS) is 12.5. The quantitative estimate of drug-likeness (QED) is 0.266. The van der Waals surface area contributed by atoms with E-state index in [1.54, 1.807) is 42.5 Å². The number of halogens is 1. The van der Waals surface area contributed by atoms with Crippen molar-refractivity contribution in [2.75, 3.05) is 19.1 Å². The predicted molar refractivity (Wildman–Crippen MR) is 145 cm³/mol. The number of hydrogen-bond acceptors (Lipinski definition) is 8. The average Bonchev–Trinajstić information content (AvgIpc) is 3.19. The van der Waals surface area contributed by atoms with Crippen LogP contribution >= 0.6 is 11.6 Å². The number of rotatable bonds is 8. The molecule has 1 heterocycles. The van der Waals surface area contributed by atoms with Crippen LogP contribution in [0.4, 0.5) is 5.69 Å². The monoisotopic (exact) mass is 545 g/mol. The van der Waals surface area contributed by atoms with E-state index in [9.17, 15) is 14.4 Å². The van der Waals surface area contributed by atoms with Gasteiger partial charge in [-0.05, 0) is 35.9 Å². The van der Waals surface area contributed by atoms with Crippen molar-refractivity contribution in [2.45, 2.75) is 6.61 Å². The molecule has 0 radical (unpaired) electrons. The Hall–Kier alpha value is -4.82. The van der Waals surface area contributed by atoms with Gasteiger partial charge in [0.05, 0.1) is 31.0 Å². The van der Waals surface area contributed by atoms with Gasteiger partial charge >= 0.3 is 17.9 Å². The maximum atomic E-state index is 13.0. The van der Waals surface area contributed by atoms with Crippen molar-refractivity contribution in [3.05, 3.63) is 125 Å². The molecule has 0 unspecified atom stereocenters. The number of nitrogens with zero attached hydrogens (tertiary/aromatic N) is 1. The zero-order valence-corrected chi connectivity index (χ0v) is 21.9. The third-order valence-electron chi connectivity index (χ3n) is 5.59. The molecule has 0 atom stereocenters. The maximum Gasteiger partial charge on any atom is 0.355 e. The Balaban J connectivity index is 1.88. The summed E-state index contributed by atoms with van der Waals surface area (Å²) in [4.78, 5) is 40.0. The van der Waals surface area contributed by atoms with E-state index in [0.717, 1.165) is 5.56 Å². The largest absolute Gasteiger partial charge is 0.483 e. The fourth-order valence-corrected chi connectivity index (χ4v) is 3.97. The Morgan fingerprint density at radius 3 is 2.15 bits per heavy atom.